The zero-order valence-corrected chi connectivity index (χ0v) is 14.8. The van der Waals surface area contributed by atoms with Crippen LogP contribution >= 0.6 is 11.6 Å². The Bertz CT molecular complexity index is 699. The molecule has 0 unspecified atom stereocenters. The maximum Gasteiger partial charge on any atom is 0.251 e. The van der Waals surface area contributed by atoms with Crippen molar-refractivity contribution in [3.63, 3.8) is 0 Å². The normalized spacial score (nSPS) is 16.4. The van der Waals surface area contributed by atoms with Crippen LogP contribution in [0.2, 0.25) is 5.02 Å². The van der Waals surface area contributed by atoms with Crippen LogP contribution < -0.4 is 10.1 Å². The minimum absolute atomic E-state index is 0.0310. The van der Waals surface area contributed by atoms with Crippen molar-refractivity contribution in [3.05, 3.63) is 52.9 Å². The second-order valence-corrected chi connectivity index (χ2v) is 6.15. The zero-order valence-electron chi connectivity index (χ0n) is 14.0. The van der Waals surface area contributed by atoms with Gasteiger partial charge in [0.1, 0.15) is 11.5 Å². The number of hydrogen-bond acceptors (Lipinski definition) is 5. The van der Waals surface area contributed by atoms with Gasteiger partial charge >= 0.3 is 0 Å². The fourth-order valence-electron chi connectivity index (χ4n) is 2.88. The minimum atomic E-state index is -0.186. The molecule has 1 atom stereocenters. The molecule has 1 aromatic heterocycles. The van der Waals surface area contributed by atoms with E-state index in [0.717, 1.165) is 18.8 Å². The maximum absolute atomic E-state index is 12.5. The summed E-state index contributed by atoms with van der Waals surface area (Å²) in [6, 6.07) is 8.73. The highest BCUT2D eigenvalue weighted by atomic mass is 35.5. The van der Waals surface area contributed by atoms with E-state index in [9.17, 15) is 4.79 Å². The van der Waals surface area contributed by atoms with Gasteiger partial charge in [-0.15, -0.1) is 0 Å². The average Bonchev–Trinajstić information content (AvgIpc) is 3.17. The molecule has 2 aromatic rings. The first-order chi connectivity index (χ1) is 12.2. The Morgan fingerprint density at radius 3 is 2.80 bits per heavy atom. The van der Waals surface area contributed by atoms with E-state index in [2.05, 4.69) is 10.2 Å². The number of ether oxygens (including phenoxy) is 2. The van der Waals surface area contributed by atoms with Gasteiger partial charge in [0.2, 0.25) is 0 Å². The first-order valence-corrected chi connectivity index (χ1v) is 8.54. The van der Waals surface area contributed by atoms with Crippen LogP contribution in [0.4, 0.5) is 0 Å². The van der Waals surface area contributed by atoms with Crippen molar-refractivity contribution in [2.75, 3.05) is 40.0 Å². The number of rotatable bonds is 6. The molecule has 1 aromatic carbocycles. The molecule has 0 radical (unpaired) electrons. The topological polar surface area (TPSA) is 63.9 Å². The summed E-state index contributed by atoms with van der Waals surface area (Å²) in [4.78, 5) is 14.7. The highest BCUT2D eigenvalue weighted by Gasteiger charge is 2.25. The SMILES string of the molecule is COc1ccc(C(=O)NC[C@H](c2ccco2)N2CCOCC2)cc1Cl. The number of carbonyl (C=O) groups is 1. The van der Waals surface area contributed by atoms with E-state index in [1.54, 1.807) is 24.5 Å². The van der Waals surface area contributed by atoms with Crippen molar-refractivity contribution in [2.45, 2.75) is 6.04 Å². The predicted molar refractivity (Wildman–Crippen MR) is 94.2 cm³/mol. The Hall–Kier alpha value is -2.02. The van der Waals surface area contributed by atoms with Crippen LogP contribution in [0.5, 0.6) is 5.75 Å². The highest BCUT2D eigenvalue weighted by Crippen LogP contribution is 2.25. The van der Waals surface area contributed by atoms with Crippen molar-refractivity contribution in [1.29, 1.82) is 0 Å². The largest absolute Gasteiger partial charge is 0.495 e. The average molecular weight is 365 g/mol. The summed E-state index contributed by atoms with van der Waals surface area (Å²) in [5.41, 5.74) is 0.492. The molecule has 1 fully saturated rings. The fourth-order valence-corrected chi connectivity index (χ4v) is 3.14. The van der Waals surface area contributed by atoms with Gasteiger partial charge in [-0.3, -0.25) is 9.69 Å². The van der Waals surface area contributed by atoms with Crippen LogP contribution in [0.1, 0.15) is 22.2 Å². The van der Waals surface area contributed by atoms with Crippen molar-refractivity contribution in [3.8, 4) is 5.75 Å². The van der Waals surface area contributed by atoms with E-state index >= 15 is 0 Å². The smallest absolute Gasteiger partial charge is 0.251 e. The van der Waals surface area contributed by atoms with Crippen molar-refractivity contribution >= 4 is 17.5 Å². The summed E-state index contributed by atoms with van der Waals surface area (Å²) in [7, 11) is 1.54. The number of methoxy groups -OCH3 is 1. The molecule has 6 nitrogen and oxygen atoms in total. The second kappa shape index (κ2) is 8.38. The Kier molecular flexibility index (Phi) is 5.96. The summed E-state index contributed by atoms with van der Waals surface area (Å²) in [5.74, 6) is 1.18. The van der Waals surface area contributed by atoms with Crippen molar-refractivity contribution in [1.82, 2.24) is 10.2 Å². The third kappa shape index (κ3) is 4.34. The standard InChI is InChI=1S/C18H21ClN2O4/c1-23-16-5-4-13(11-14(16)19)18(22)20-12-15(17-3-2-8-25-17)21-6-9-24-10-7-21/h2-5,8,11,15H,6-7,9-10,12H2,1H3,(H,20,22)/t15-/m1/s1. The first-order valence-electron chi connectivity index (χ1n) is 8.16. The second-order valence-electron chi connectivity index (χ2n) is 5.74. The predicted octanol–water partition coefficient (Wildman–Crippen LogP) is 2.74. The Morgan fingerprint density at radius 1 is 1.36 bits per heavy atom. The van der Waals surface area contributed by atoms with Gasteiger partial charge in [0.05, 0.1) is 37.7 Å². The molecular weight excluding hydrogens is 344 g/mol. The third-order valence-electron chi connectivity index (χ3n) is 4.23. The summed E-state index contributed by atoms with van der Waals surface area (Å²) < 4.78 is 16.1. The molecule has 25 heavy (non-hydrogen) atoms. The van der Waals surface area contributed by atoms with Gasteiger partial charge in [-0.2, -0.15) is 0 Å². The number of halogens is 1. The van der Waals surface area contributed by atoms with Gasteiger partial charge in [-0.1, -0.05) is 11.6 Å². The Morgan fingerprint density at radius 2 is 2.16 bits per heavy atom. The number of benzene rings is 1. The summed E-state index contributed by atoms with van der Waals surface area (Å²) >= 11 is 6.10. The third-order valence-corrected chi connectivity index (χ3v) is 4.52. The van der Waals surface area contributed by atoms with E-state index < -0.39 is 0 Å². The van der Waals surface area contributed by atoms with E-state index in [-0.39, 0.29) is 11.9 Å². The van der Waals surface area contributed by atoms with Gasteiger partial charge in [-0.25, -0.2) is 0 Å². The first kappa shape index (κ1) is 17.8. The number of hydrogen-bond donors (Lipinski definition) is 1. The van der Waals surface area contributed by atoms with Crippen LogP contribution in [-0.4, -0.2) is 50.8 Å². The lowest BCUT2D eigenvalue weighted by molar-refractivity contribution is 0.0118. The van der Waals surface area contributed by atoms with Gasteiger partial charge < -0.3 is 19.2 Å². The lowest BCUT2D eigenvalue weighted by Crippen LogP contribution is -2.43. The number of morpholine rings is 1. The molecule has 3 rings (SSSR count). The van der Waals surface area contributed by atoms with Crippen LogP contribution in [0.15, 0.2) is 41.0 Å². The maximum atomic E-state index is 12.5. The number of amides is 1. The number of nitrogens with one attached hydrogen (secondary N) is 1. The molecular formula is C18H21ClN2O4. The Balaban J connectivity index is 1.68. The molecule has 2 heterocycles. The van der Waals surface area contributed by atoms with E-state index in [4.69, 9.17) is 25.5 Å². The molecule has 7 heteroatoms. The van der Waals surface area contributed by atoms with Crippen molar-refractivity contribution in [2.24, 2.45) is 0 Å². The molecule has 0 saturated carbocycles. The van der Waals surface area contributed by atoms with E-state index in [1.165, 1.54) is 7.11 Å². The Labute approximate surface area is 151 Å². The molecule has 0 spiro atoms. The lowest BCUT2D eigenvalue weighted by atomic mass is 10.1. The van der Waals surface area contributed by atoms with Crippen LogP contribution in [0, 0.1) is 0 Å². The molecule has 0 aliphatic carbocycles. The fraction of sp³-hybridized carbons (Fsp3) is 0.389. The van der Waals surface area contributed by atoms with Crippen LogP contribution in [0.3, 0.4) is 0 Å². The summed E-state index contributed by atoms with van der Waals surface area (Å²) in [6.45, 7) is 3.40. The molecule has 1 aliphatic rings. The number of furan rings is 1. The zero-order chi connectivity index (χ0) is 17.6. The van der Waals surface area contributed by atoms with E-state index in [0.29, 0.717) is 36.1 Å². The van der Waals surface area contributed by atoms with Crippen LogP contribution in [0.25, 0.3) is 0 Å². The van der Waals surface area contributed by atoms with Gasteiger partial charge in [0.15, 0.2) is 0 Å². The van der Waals surface area contributed by atoms with E-state index in [1.807, 2.05) is 12.1 Å². The van der Waals surface area contributed by atoms with Crippen molar-refractivity contribution < 1.29 is 18.7 Å². The molecule has 0 bridgehead atoms. The number of nitrogens with zero attached hydrogens (tertiary/aromatic N) is 1. The number of carbonyl (C=O) groups excluding carboxylic acids is 1. The lowest BCUT2D eigenvalue weighted by Gasteiger charge is -2.33. The van der Waals surface area contributed by atoms with Crippen LogP contribution in [-0.2, 0) is 4.74 Å². The molecule has 1 N–H and O–H groups in total. The van der Waals surface area contributed by atoms with Gasteiger partial charge in [0, 0.05) is 25.2 Å². The molecule has 1 aliphatic heterocycles. The molecule has 1 amide bonds. The summed E-state index contributed by atoms with van der Waals surface area (Å²) in [6.07, 6.45) is 1.65. The quantitative estimate of drug-likeness (QED) is 0.853. The minimum Gasteiger partial charge on any atom is -0.495 e. The monoisotopic (exact) mass is 364 g/mol. The summed E-state index contributed by atoms with van der Waals surface area (Å²) in [5, 5.41) is 3.38. The van der Waals surface area contributed by atoms with Gasteiger partial charge in [0.25, 0.3) is 5.91 Å². The highest BCUT2D eigenvalue weighted by molar-refractivity contribution is 6.32. The molecule has 1 saturated heterocycles. The van der Waals surface area contributed by atoms with Gasteiger partial charge in [-0.05, 0) is 30.3 Å². The molecule has 134 valence electrons.